The predicted molar refractivity (Wildman–Crippen MR) is 59.8 cm³/mol. The molecule has 5 N–H and O–H groups in total. The van der Waals surface area contributed by atoms with E-state index in [0.717, 1.165) is 0 Å². The predicted octanol–water partition coefficient (Wildman–Crippen LogP) is 0.290. The molecule has 6 heteroatoms. The van der Waals surface area contributed by atoms with Gasteiger partial charge in [-0.3, -0.25) is 5.73 Å². The molecule has 1 unspecified atom stereocenters. The van der Waals surface area contributed by atoms with E-state index in [1.54, 1.807) is 25.1 Å². The van der Waals surface area contributed by atoms with Gasteiger partial charge in [-0.05, 0) is 19.1 Å². The molecule has 16 heavy (non-hydrogen) atoms. The van der Waals surface area contributed by atoms with E-state index in [9.17, 15) is 5.11 Å². The second kappa shape index (κ2) is 3.92. The molecule has 6 nitrogen and oxygen atoms in total. The summed E-state index contributed by atoms with van der Waals surface area (Å²) in [5.41, 5.74) is 6.71. The number of aliphatic hydroxyl groups excluding tert-OH is 1. The lowest BCUT2D eigenvalue weighted by Gasteiger charge is -2.11. The Morgan fingerprint density at radius 1 is 1.38 bits per heavy atom. The molecular formula is C10H12N4O2. The number of benzene rings is 1. The van der Waals surface area contributed by atoms with Gasteiger partial charge in [-0.2, -0.15) is 0 Å². The van der Waals surface area contributed by atoms with Crippen molar-refractivity contribution in [2.45, 2.75) is 13.3 Å². The number of nitrogens with one attached hydrogen (secondary N) is 1. The molecule has 1 atom stereocenters. The van der Waals surface area contributed by atoms with Gasteiger partial charge in [0.25, 0.3) is 0 Å². The van der Waals surface area contributed by atoms with Crippen LogP contribution in [0.25, 0.3) is 11.0 Å². The van der Waals surface area contributed by atoms with Gasteiger partial charge in [-0.1, -0.05) is 6.07 Å². The third-order valence-corrected chi connectivity index (χ3v) is 2.13. The average molecular weight is 220 g/mol. The van der Waals surface area contributed by atoms with Crippen LogP contribution in [0, 0.1) is 6.92 Å². The SMILES string of the molecule is Cc1nc2c(O)cccc2nc1NC(N)O. The minimum Gasteiger partial charge on any atom is -0.506 e. The van der Waals surface area contributed by atoms with Gasteiger partial charge in [0, 0.05) is 0 Å². The molecule has 1 heterocycles. The molecule has 2 aromatic rings. The van der Waals surface area contributed by atoms with Gasteiger partial charge in [0.15, 0.2) is 12.2 Å². The zero-order valence-corrected chi connectivity index (χ0v) is 8.68. The molecule has 0 aliphatic rings. The molecule has 1 aromatic carbocycles. The number of anilines is 1. The van der Waals surface area contributed by atoms with E-state index < -0.39 is 6.35 Å². The van der Waals surface area contributed by atoms with Crippen LogP contribution in [0.1, 0.15) is 5.69 Å². The first-order valence-corrected chi connectivity index (χ1v) is 4.74. The van der Waals surface area contributed by atoms with Crippen molar-refractivity contribution in [2.24, 2.45) is 5.73 Å². The van der Waals surface area contributed by atoms with Gasteiger partial charge in [0.2, 0.25) is 0 Å². The lowest BCUT2D eigenvalue weighted by molar-refractivity contribution is 0.211. The van der Waals surface area contributed by atoms with Crippen LogP contribution in [-0.4, -0.2) is 26.5 Å². The number of para-hydroxylation sites is 1. The number of nitrogens with zero attached hydrogens (tertiary/aromatic N) is 2. The Morgan fingerprint density at radius 2 is 2.12 bits per heavy atom. The van der Waals surface area contributed by atoms with Crippen molar-refractivity contribution in [2.75, 3.05) is 5.32 Å². The standard InChI is InChI=1S/C10H12N4O2/c1-5-9(14-10(11)16)13-6-3-2-4-7(15)8(6)12-5/h2-4,10,15-16H,11H2,1H3,(H,13,14). The van der Waals surface area contributed by atoms with Crippen molar-refractivity contribution in [3.05, 3.63) is 23.9 Å². The molecule has 0 aliphatic carbocycles. The fourth-order valence-electron chi connectivity index (χ4n) is 1.42. The van der Waals surface area contributed by atoms with E-state index >= 15 is 0 Å². The highest BCUT2D eigenvalue weighted by molar-refractivity contribution is 5.82. The lowest BCUT2D eigenvalue weighted by atomic mass is 10.2. The van der Waals surface area contributed by atoms with Gasteiger partial charge in [-0.25, -0.2) is 9.97 Å². The third-order valence-electron chi connectivity index (χ3n) is 2.13. The van der Waals surface area contributed by atoms with Crippen molar-refractivity contribution in [3.8, 4) is 5.75 Å². The van der Waals surface area contributed by atoms with Crippen molar-refractivity contribution in [3.63, 3.8) is 0 Å². The highest BCUT2D eigenvalue weighted by atomic mass is 16.3. The summed E-state index contributed by atoms with van der Waals surface area (Å²) < 4.78 is 0. The van der Waals surface area contributed by atoms with Crippen molar-refractivity contribution >= 4 is 16.9 Å². The van der Waals surface area contributed by atoms with Crippen LogP contribution in [0.5, 0.6) is 5.75 Å². The molecule has 0 saturated heterocycles. The van der Waals surface area contributed by atoms with Crippen LogP contribution in [0.4, 0.5) is 5.82 Å². The van der Waals surface area contributed by atoms with E-state index in [4.69, 9.17) is 10.8 Å². The van der Waals surface area contributed by atoms with Gasteiger partial charge >= 0.3 is 0 Å². The first kappa shape index (κ1) is 10.6. The molecule has 0 fully saturated rings. The number of aryl methyl sites for hydroxylation is 1. The Morgan fingerprint density at radius 3 is 2.81 bits per heavy atom. The molecule has 0 saturated carbocycles. The van der Waals surface area contributed by atoms with E-state index in [1.807, 2.05) is 0 Å². The number of hydrogen-bond acceptors (Lipinski definition) is 6. The summed E-state index contributed by atoms with van der Waals surface area (Å²) in [5, 5.41) is 21.1. The maximum absolute atomic E-state index is 9.57. The third kappa shape index (κ3) is 1.88. The first-order valence-electron chi connectivity index (χ1n) is 4.74. The second-order valence-corrected chi connectivity index (χ2v) is 3.39. The van der Waals surface area contributed by atoms with E-state index in [0.29, 0.717) is 22.5 Å². The molecule has 0 bridgehead atoms. The summed E-state index contributed by atoms with van der Waals surface area (Å²) in [6.07, 6.45) is -1.19. The average Bonchev–Trinajstić information content (AvgIpc) is 2.20. The quantitative estimate of drug-likeness (QED) is 0.542. The van der Waals surface area contributed by atoms with Crippen molar-refractivity contribution in [1.82, 2.24) is 9.97 Å². The van der Waals surface area contributed by atoms with Gasteiger partial charge in [-0.15, -0.1) is 0 Å². The Hall–Kier alpha value is -1.92. The normalized spacial score (nSPS) is 12.7. The lowest BCUT2D eigenvalue weighted by Crippen LogP contribution is -2.29. The number of aromatic hydroxyl groups is 1. The number of nitrogens with two attached hydrogens (primary N) is 1. The van der Waals surface area contributed by atoms with E-state index in [1.165, 1.54) is 0 Å². The minimum atomic E-state index is -1.19. The number of hydrogen-bond donors (Lipinski definition) is 4. The van der Waals surface area contributed by atoms with Crippen molar-refractivity contribution in [1.29, 1.82) is 0 Å². The molecule has 0 spiro atoms. The topological polar surface area (TPSA) is 104 Å². The molecule has 0 aliphatic heterocycles. The first-order chi connectivity index (χ1) is 7.58. The molecule has 1 aromatic heterocycles. The van der Waals surface area contributed by atoms with Crippen LogP contribution in [0.15, 0.2) is 18.2 Å². The zero-order valence-electron chi connectivity index (χ0n) is 8.68. The number of phenols is 1. The minimum absolute atomic E-state index is 0.0768. The van der Waals surface area contributed by atoms with Gasteiger partial charge < -0.3 is 15.5 Å². The smallest absolute Gasteiger partial charge is 0.180 e. The molecule has 84 valence electrons. The fourth-order valence-corrected chi connectivity index (χ4v) is 1.42. The highest BCUT2D eigenvalue weighted by Gasteiger charge is 2.08. The molecule has 0 radical (unpaired) electrons. The highest BCUT2D eigenvalue weighted by Crippen LogP contribution is 2.23. The Balaban J connectivity index is 2.58. The molecule has 2 rings (SSSR count). The van der Waals surface area contributed by atoms with E-state index in [-0.39, 0.29) is 5.75 Å². The number of fused-ring (bicyclic) bond motifs is 1. The summed E-state index contributed by atoms with van der Waals surface area (Å²) in [5.74, 6) is 0.473. The Kier molecular flexibility index (Phi) is 2.59. The number of aromatic nitrogens is 2. The van der Waals surface area contributed by atoms with Crippen LogP contribution in [0.3, 0.4) is 0 Å². The summed E-state index contributed by atoms with van der Waals surface area (Å²) in [4.78, 5) is 8.39. The van der Waals surface area contributed by atoms with E-state index in [2.05, 4.69) is 15.3 Å². The largest absolute Gasteiger partial charge is 0.506 e. The van der Waals surface area contributed by atoms with Gasteiger partial charge in [0.05, 0.1) is 11.2 Å². The number of aliphatic hydroxyl groups is 1. The van der Waals surface area contributed by atoms with Crippen LogP contribution in [0.2, 0.25) is 0 Å². The second-order valence-electron chi connectivity index (χ2n) is 3.39. The van der Waals surface area contributed by atoms with Crippen molar-refractivity contribution < 1.29 is 10.2 Å². The maximum Gasteiger partial charge on any atom is 0.180 e. The molecular weight excluding hydrogens is 208 g/mol. The van der Waals surface area contributed by atoms with Crippen LogP contribution >= 0.6 is 0 Å². The summed E-state index contributed by atoms with van der Waals surface area (Å²) in [7, 11) is 0. The monoisotopic (exact) mass is 220 g/mol. The Bertz CT molecular complexity index is 527. The summed E-state index contributed by atoms with van der Waals surface area (Å²) in [6, 6.07) is 4.93. The van der Waals surface area contributed by atoms with Crippen LogP contribution < -0.4 is 11.1 Å². The maximum atomic E-state index is 9.57. The number of phenolic OH excluding ortho intramolecular Hbond substituents is 1. The summed E-state index contributed by atoms with van der Waals surface area (Å²) >= 11 is 0. The van der Waals surface area contributed by atoms with Gasteiger partial charge in [0.1, 0.15) is 11.3 Å². The summed E-state index contributed by atoms with van der Waals surface area (Å²) in [6.45, 7) is 1.71. The number of rotatable bonds is 2. The Labute approximate surface area is 91.8 Å². The fraction of sp³-hybridized carbons (Fsp3) is 0.200. The zero-order chi connectivity index (χ0) is 11.7. The van der Waals surface area contributed by atoms with Crippen LogP contribution in [-0.2, 0) is 0 Å². The molecule has 0 amide bonds.